The van der Waals surface area contributed by atoms with Crippen molar-refractivity contribution in [3.05, 3.63) is 68.9 Å². The Kier molecular flexibility index (Phi) is 2.63. The lowest BCUT2D eigenvalue weighted by Gasteiger charge is -2.23. The molecule has 1 N–H and O–H groups in total. The monoisotopic (exact) mass is 262 g/mol. The molecule has 0 aromatic carbocycles. The fourth-order valence-corrected chi connectivity index (χ4v) is 3.57. The SMILES string of the molecule is OC(c1ccco1)(c1cccs1)c1cccs1. The van der Waals surface area contributed by atoms with E-state index in [0.717, 1.165) is 9.75 Å². The van der Waals surface area contributed by atoms with Gasteiger partial charge in [0.05, 0.1) is 6.26 Å². The Morgan fingerprint density at radius 2 is 1.59 bits per heavy atom. The van der Waals surface area contributed by atoms with Crippen molar-refractivity contribution in [2.75, 3.05) is 0 Å². The molecule has 86 valence electrons. The van der Waals surface area contributed by atoms with E-state index in [-0.39, 0.29) is 0 Å². The molecule has 0 aliphatic carbocycles. The molecule has 3 rings (SSSR count). The van der Waals surface area contributed by atoms with Gasteiger partial charge in [0, 0.05) is 9.75 Å². The van der Waals surface area contributed by atoms with E-state index in [1.54, 1.807) is 18.4 Å². The van der Waals surface area contributed by atoms with Crippen molar-refractivity contribution in [2.45, 2.75) is 5.60 Å². The Morgan fingerprint density at radius 3 is 2.00 bits per heavy atom. The highest BCUT2D eigenvalue weighted by Crippen LogP contribution is 2.41. The van der Waals surface area contributed by atoms with Crippen LogP contribution in [0, 0.1) is 0 Å². The largest absolute Gasteiger partial charge is 0.465 e. The van der Waals surface area contributed by atoms with E-state index >= 15 is 0 Å². The second kappa shape index (κ2) is 4.14. The van der Waals surface area contributed by atoms with E-state index in [1.165, 1.54) is 22.7 Å². The summed E-state index contributed by atoms with van der Waals surface area (Å²) in [7, 11) is 0. The quantitative estimate of drug-likeness (QED) is 0.781. The fraction of sp³-hybridized carbons (Fsp3) is 0.0769. The second-order valence-electron chi connectivity index (χ2n) is 3.64. The summed E-state index contributed by atoms with van der Waals surface area (Å²) in [4.78, 5) is 1.74. The number of aliphatic hydroxyl groups is 1. The number of hydrogen-bond acceptors (Lipinski definition) is 4. The predicted octanol–water partition coefficient (Wildman–Crippen LogP) is 3.69. The molecular weight excluding hydrogens is 252 g/mol. The Balaban J connectivity index is 2.21. The van der Waals surface area contributed by atoms with Crippen LogP contribution in [0.15, 0.2) is 57.8 Å². The Labute approximate surface area is 107 Å². The normalized spacial score (nSPS) is 11.8. The Bertz CT molecular complexity index is 481. The molecule has 17 heavy (non-hydrogen) atoms. The van der Waals surface area contributed by atoms with Crippen LogP contribution in [0.5, 0.6) is 0 Å². The third-order valence-corrected chi connectivity index (χ3v) is 4.59. The first kappa shape index (κ1) is 10.8. The first-order chi connectivity index (χ1) is 8.32. The van der Waals surface area contributed by atoms with Gasteiger partial charge >= 0.3 is 0 Å². The van der Waals surface area contributed by atoms with E-state index in [4.69, 9.17) is 4.42 Å². The third kappa shape index (κ3) is 1.65. The van der Waals surface area contributed by atoms with E-state index in [1.807, 2.05) is 35.0 Å². The topological polar surface area (TPSA) is 33.4 Å². The summed E-state index contributed by atoms with van der Waals surface area (Å²) in [6, 6.07) is 11.3. The van der Waals surface area contributed by atoms with Crippen LogP contribution in [-0.2, 0) is 5.60 Å². The van der Waals surface area contributed by atoms with Gasteiger partial charge in [0.2, 0.25) is 0 Å². The lowest BCUT2D eigenvalue weighted by atomic mass is 9.97. The van der Waals surface area contributed by atoms with E-state index < -0.39 is 5.60 Å². The summed E-state index contributed by atoms with van der Waals surface area (Å²) < 4.78 is 5.41. The standard InChI is InChI=1S/C13H10O2S2/c14-13(10-4-1-7-15-10,11-5-2-8-16-11)12-6-3-9-17-12/h1-9,14H. The van der Waals surface area contributed by atoms with Crippen molar-refractivity contribution < 1.29 is 9.52 Å². The van der Waals surface area contributed by atoms with E-state index in [9.17, 15) is 5.11 Å². The Hall–Kier alpha value is -1.36. The van der Waals surface area contributed by atoms with Gasteiger partial charge in [0.25, 0.3) is 0 Å². The van der Waals surface area contributed by atoms with Crippen LogP contribution in [0.25, 0.3) is 0 Å². The van der Waals surface area contributed by atoms with Crippen LogP contribution in [0.2, 0.25) is 0 Å². The molecule has 0 radical (unpaired) electrons. The molecule has 0 atom stereocenters. The van der Waals surface area contributed by atoms with Crippen molar-refractivity contribution in [3.63, 3.8) is 0 Å². The summed E-state index contributed by atoms with van der Waals surface area (Å²) in [6.07, 6.45) is 1.58. The Morgan fingerprint density at radius 1 is 0.941 bits per heavy atom. The van der Waals surface area contributed by atoms with Crippen molar-refractivity contribution >= 4 is 22.7 Å². The molecule has 3 aromatic heterocycles. The van der Waals surface area contributed by atoms with Crippen LogP contribution < -0.4 is 0 Å². The first-order valence-electron chi connectivity index (χ1n) is 5.16. The molecule has 0 aliphatic rings. The zero-order valence-electron chi connectivity index (χ0n) is 8.87. The summed E-state index contributed by atoms with van der Waals surface area (Å²) in [6.45, 7) is 0. The van der Waals surface area contributed by atoms with Gasteiger partial charge in [-0.15, -0.1) is 22.7 Å². The van der Waals surface area contributed by atoms with Gasteiger partial charge in [-0.1, -0.05) is 12.1 Å². The molecule has 0 saturated heterocycles. The maximum atomic E-state index is 11.0. The summed E-state index contributed by atoms with van der Waals surface area (Å²) in [5.74, 6) is 0.558. The highest BCUT2D eigenvalue weighted by atomic mass is 32.1. The molecule has 0 unspecified atom stereocenters. The molecular formula is C13H10O2S2. The zero-order valence-corrected chi connectivity index (χ0v) is 10.5. The van der Waals surface area contributed by atoms with Crippen molar-refractivity contribution in [1.29, 1.82) is 0 Å². The lowest BCUT2D eigenvalue weighted by Crippen LogP contribution is -2.25. The minimum absolute atomic E-state index is 0.558. The van der Waals surface area contributed by atoms with E-state index in [2.05, 4.69) is 0 Å². The highest BCUT2D eigenvalue weighted by molar-refractivity contribution is 7.11. The van der Waals surface area contributed by atoms with Gasteiger partial charge < -0.3 is 9.52 Å². The molecule has 3 aromatic rings. The molecule has 0 amide bonds. The predicted molar refractivity (Wildman–Crippen MR) is 69.4 cm³/mol. The third-order valence-electron chi connectivity index (χ3n) is 2.63. The fourth-order valence-electron chi connectivity index (χ4n) is 1.82. The molecule has 0 aliphatic heterocycles. The van der Waals surface area contributed by atoms with Gasteiger partial charge in [-0.25, -0.2) is 0 Å². The molecule has 3 heterocycles. The summed E-state index contributed by atoms with van der Waals surface area (Å²) in [5.41, 5.74) is -1.16. The number of thiophene rings is 2. The second-order valence-corrected chi connectivity index (χ2v) is 5.54. The summed E-state index contributed by atoms with van der Waals surface area (Å²) >= 11 is 3.05. The average Bonchev–Trinajstić information content (AvgIpc) is 3.10. The lowest BCUT2D eigenvalue weighted by molar-refractivity contribution is 0.106. The first-order valence-corrected chi connectivity index (χ1v) is 6.92. The van der Waals surface area contributed by atoms with Crippen molar-refractivity contribution in [3.8, 4) is 0 Å². The van der Waals surface area contributed by atoms with Crippen LogP contribution in [0.1, 0.15) is 15.5 Å². The minimum atomic E-state index is -1.16. The maximum absolute atomic E-state index is 11.0. The minimum Gasteiger partial charge on any atom is -0.465 e. The van der Waals surface area contributed by atoms with Crippen LogP contribution in [0.3, 0.4) is 0 Å². The van der Waals surface area contributed by atoms with Gasteiger partial charge in [-0.2, -0.15) is 0 Å². The van der Waals surface area contributed by atoms with Crippen LogP contribution >= 0.6 is 22.7 Å². The molecule has 0 fully saturated rings. The average molecular weight is 262 g/mol. The van der Waals surface area contributed by atoms with E-state index in [0.29, 0.717) is 5.76 Å². The number of rotatable bonds is 3. The molecule has 0 bridgehead atoms. The number of hydrogen-bond donors (Lipinski definition) is 1. The maximum Gasteiger partial charge on any atom is 0.191 e. The molecule has 0 spiro atoms. The van der Waals surface area contributed by atoms with Gasteiger partial charge in [-0.3, -0.25) is 0 Å². The number of furan rings is 1. The summed E-state index contributed by atoms with van der Waals surface area (Å²) in [5, 5.41) is 14.9. The van der Waals surface area contributed by atoms with Gasteiger partial charge in [0.1, 0.15) is 5.76 Å². The van der Waals surface area contributed by atoms with Crippen molar-refractivity contribution in [1.82, 2.24) is 0 Å². The van der Waals surface area contributed by atoms with Crippen LogP contribution in [0.4, 0.5) is 0 Å². The van der Waals surface area contributed by atoms with Gasteiger partial charge in [0.15, 0.2) is 5.60 Å². The van der Waals surface area contributed by atoms with Crippen LogP contribution in [-0.4, -0.2) is 5.11 Å². The van der Waals surface area contributed by atoms with Gasteiger partial charge in [-0.05, 0) is 35.0 Å². The smallest absolute Gasteiger partial charge is 0.191 e. The van der Waals surface area contributed by atoms with Crippen molar-refractivity contribution in [2.24, 2.45) is 0 Å². The zero-order chi connectivity index (χ0) is 11.7. The highest BCUT2D eigenvalue weighted by Gasteiger charge is 2.38. The molecule has 2 nitrogen and oxygen atoms in total. The molecule has 0 saturated carbocycles. The molecule has 4 heteroatoms.